The van der Waals surface area contributed by atoms with Crippen molar-refractivity contribution in [2.45, 2.75) is 6.54 Å². The molecule has 2 heterocycles. The van der Waals surface area contributed by atoms with E-state index in [-0.39, 0.29) is 5.88 Å². The molecule has 0 bridgehead atoms. The summed E-state index contributed by atoms with van der Waals surface area (Å²) in [7, 11) is 1.43. The molecule has 5 heteroatoms. The molecule has 1 aliphatic rings. The van der Waals surface area contributed by atoms with Gasteiger partial charge in [-0.3, -0.25) is 4.90 Å². The SMILES string of the molecule is COc1nc(CN2CCNCC2)ccc1F. The summed E-state index contributed by atoms with van der Waals surface area (Å²) in [6, 6.07) is 3.11. The summed E-state index contributed by atoms with van der Waals surface area (Å²) in [5, 5.41) is 3.29. The molecule has 16 heavy (non-hydrogen) atoms. The van der Waals surface area contributed by atoms with Crippen LogP contribution in [0, 0.1) is 5.82 Å². The summed E-state index contributed by atoms with van der Waals surface area (Å²) in [6.45, 7) is 4.75. The number of rotatable bonds is 3. The molecule has 0 aromatic carbocycles. The Morgan fingerprint density at radius 1 is 1.44 bits per heavy atom. The summed E-state index contributed by atoms with van der Waals surface area (Å²) < 4.78 is 18.0. The molecule has 0 aliphatic carbocycles. The van der Waals surface area contributed by atoms with Crippen LogP contribution in [0.3, 0.4) is 0 Å². The smallest absolute Gasteiger partial charge is 0.250 e. The van der Waals surface area contributed by atoms with Crippen LogP contribution >= 0.6 is 0 Å². The topological polar surface area (TPSA) is 37.4 Å². The molecule has 1 fully saturated rings. The highest BCUT2D eigenvalue weighted by Gasteiger charge is 2.12. The zero-order valence-electron chi connectivity index (χ0n) is 9.37. The lowest BCUT2D eigenvalue weighted by Gasteiger charge is -2.26. The van der Waals surface area contributed by atoms with Gasteiger partial charge in [0.1, 0.15) is 0 Å². The van der Waals surface area contributed by atoms with E-state index in [9.17, 15) is 4.39 Å². The van der Waals surface area contributed by atoms with Gasteiger partial charge in [-0.15, -0.1) is 0 Å². The number of hydrogen-bond acceptors (Lipinski definition) is 4. The minimum Gasteiger partial charge on any atom is -0.479 e. The summed E-state index contributed by atoms with van der Waals surface area (Å²) >= 11 is 0. The van der Waals surface area contributed by atoms with Gasteiger partial charge in [-0.1, -0.05) is 0 Å². The van der Waals surface area contributed by atoms with E-state index in [0.29, 0.717) is 0 Å². The van der Waals surface area contributed by atoms with Gasteiger partial charge in [0.25, 0.3) is 0 Å². The maximum Gasteiger partial charge on any atom is 0.250 e. The molecule has 0 spiro atoms. The van der Waals surface area contributed by atoms with Crippen molar-refractivity contribution in [3.8, 4) is 5.88 Å². The van der Waals surface area contributed by atoms with Gasteiger partial charge in [0.2, 0.25) is 5.88 Å². The number of aromatic nitrogens is 1. The van der Waals surface area contributed by atoms with Crippen LogP contribution in [0.4, 0.5) is 4.39 Å². The van der Waals surface area contributed by atoms with Crippen LogP contribution in [0.5, 0.6) is 5.88 Å². The maximum atomic E-state index is 13.1. The summed E-state index contributed by atoms with van der Waals surface area (Å²) in [5.41, 5.74) is 0.847. The second-order valence-corrected chi connectivity index (χ2v) is 3.82. The summed E-state index contributed by atoms with van der Waals surface area (Å²) in [4.78, 5) is 6.41. The Hall–Kier alpha value is -1.20. The van der Waals surface area contributed by atoms with E-state index >= 15 is 0 Å². The van der Waals surface area contributed by atoms with Crippen molar-refractivity contribution >= 4 is 0 Å². The Morgan fingerprint density at radius 2 is 2.19 bits per heavy atom. The number of halogens is 1. The standard InChI is InChI=1S/C11H16FN3O/c1-16-11-10(12)3-2-9(14-11)8-15-6-4-13-5-7-15/h2-3,13H,4-8H2,1H3. The van der Waals surface area contributed by atoms with E-state index in [1.165, 1.54) is 13.2 Å². The van der Waals surface area contributed by atoms with Crippen LogP contribution in [0.25, 0.3) is 0 Å². The van der Waals surface area contributed by atoms with Gasteiger partial charge < -0.3 is 10.1 Å². The highest BCUT2D eigenvalue weighted by Crippen LogP contribution is 2.14. The van der Waals surface area contributed by atoms with Gasteiger partial charge in [0.05, 0.1) is 12.8 Å². The number of ether oxygens (including phenoxy) is 1. The molecule has 0 saturated carbocycles. The fourth-order valence-electron chi connectivity index (χ4n) is 1.79. The maximum absolute atomic E-state index is 13.1. The average molecular weight is 225 g/mol. The second-order valence-electron chi connectivity index (χ2n) is 3.82. The van der Waals surface area contributed by atoms with Crippen molar-refractivity contribution in [3.05, 3.63) is 23.6 Å². The Morgan fingerprint density at radius 3 is 2.88 bits per heavy atom. The van der Waals surface area contributed by atoms with E-state index in [0.717, 1.165) is 38.4 Å². The molecule has 0 atom stereocenters. The molecule has 0 radical (unpaired) electrons. The van der Waals surface area contributed by atoms with Crippen LogP contribution in [0.15, 0.2) is 12.1 Å². The minimum atomic E-state index is -0.411. The van der Waals surface area contributed by atoms with Crippen molar-refractivity contribution in [1.82, 2.24) is 15.2 Å². The predicted molar refractivity (Wildman–Crippen MR) is 58.9 cm³/mol. The largest absolute Gasteiger partial charge is 0.479 e. The van der Waals surface area contributed by atoms with Crippen molar-refractivity contribution < 1.29 is 9.13 Å². The first kappa shape index (κ1) is 11.3. The molecule has 0 amide bonds. The summed E-state index contributed by atoms with van der Waals surface area (Å²) in [5.74, 6) is -0.334. The van der Waals surface area contributed by atoms with E-state index < -0.39 is 5.82 Å². The molecule has 88 valence electrons. The van der Waals surface area contributed by atoms with E-state index in [1.807, 2.05) is 0 Å². The summed E-state index contributed by atoms with van der Waals surface area (Å²) in [6.07, 6.45) is 0. The number of piperazine rings is 1. The van der Waals surface area contributed by atoms with Gasteiger partial charge in [0, 0.05) is 32.7 Å². The van der Waals surface area contributed by atoms with Gasteiger partial charge >= 0.3 is 0 Å². The van der Waals surface area contributed by atoms with Gasteiger partial charge in [-0.2, -0.15) is 0 Å². The lowest BCUT2D eigenvalue weighted by molar-refractivity contribution is 0.229. The first-order valence-corrected chi connectivity index (χ1v) is 5.42. The first-order chi connectivity index (χ1) is 7.79. The zero-order chi connectivity index (χ0) is 11.4. The average Bonchev–Trinajstić information content (AvgIpc) is 2.33. The molecule has 4 nitrogen and oxygen atoms in total. The highest BCUT2D eigenvalue weighted by molar-refractivity contribution is 5.18. The fourth-order valence-corrected chi connectivity index (χ4v) is 1.79. The Labute approximate surface area is 94.4 Å². The fraction of sp³-hybridized carbons (Fsp3) is 0.545. The number of nitrogens with one attached hydrogen (secondary N) is 1. The molecule has 2 rings (SSSR count). The van der Waals surface area contributed by atoms with Crippen molar-refractivity contribution in [2.24, 2.45) is 0 Å². The monoisotopic (exact) mass is 225 g/mol. The molecule has 1 aliphatic heterocycles. The van der Waals surface area contributed by atoms with E-state index in [4.69, 9.17) is 4.74 Å². The number of hydrogen-bond donors (Lipinski definition) is 1. The van der Waals surface area contributed by atoms with Crippen LogP contribution in [0.2, 0.25) is 0 Å². The molecule has 1 aromatic heterocycles. The van der Waals surface area contributed by atoms with Gasteiger partial charge in [-0.25, -0.2) is 9.37 Å². The molecule has 1 aromatic rings. The van der Waals surface area contributed by atoms with Crippen LogP contribution in [0.1, 0.15) is 5.69 Å². The minimum absolute atomic E-state index is 0.0765. The van der Waals surface area contributed by atoms with Crippen LogP contribution in [-0.2, 0) is 6.54 Å². The number of methoxy groups -OCH3 is 1. The Kier molecular flexibility index (Phi) is 3.69. The third-order valence-electron chi connectivity index (χ3n) is 2.66. The second kappa shape index (κ2) is 5.23. The normalized spacial score (nSPS) is 17.4. The molecular formula is C11H16FN3O. The van der Waals surface area contributed by atoms with Crippen molar-refractivity contribution in [1.29, 1.82) is 0 Å². The van der Waals surface area contributed by atoms with Crippen LogP contribution in [-0.4, -0.2) is 43.2 Å². The first-order valence-electron chi connectivity index (χ1n) is 5.42. The predicted octanol–water partition coefficient (Wildman–Crippen LogP) is 0.635. The molecule has 0 unspecified atom stereocenters. The lowest BCUT2D eigenvalue weighted by atomic mass is 10.3. The quantitative estimate of drug-likeness (QED) is 0.819. The van der Waals surface area contributed by atoms with Gasteiger partial charge in [-0.05, 0) is 12.1 Å². The lowest BCUT2D eigenvalue weighted by Crippen LogP contribution is -2.43. The van der Waals surface area contributed by atoms with Crippen LogP contribution < -0.4 is 10.1 Å². The Balaban J connectivity index is 2.03. The number of pyridine rings is 1. The Bertz CT molecular complexity index is 353. The molecule has 1 N–H and O–H groups in total. The highest BCUT2D eigenvalue weighted by atomic mass is 19.1. The third kappa shape index (κ3) is 2.68. The van der Waals surface area contributed by atoms with Gasteiger partial charge in [0.15, 0.2) is 5.82 Å². The molecule has 1 saturated heterocycles. The third-order valence-corrected chi connectivity index (χ3v) is 2.66. The zero-order valence-corrected chi connectivity index (χ0v) is 9.37. The van der Waals surface area contributed by atoms with E-state index in [1.54, 1.807) is 6.07 Å². The van der Waals surface area contributed by atoms with Crippen molar-refractivity contribution in [2.75, 3.05) is 33.3 Å². The molecular weight excluding hydrogens is 209 g/mol. The van der Waals surface area contributed by atoms with E-state index in [2.05, 4.69) is 15.2 Å². The number of nitrogens with zero attached hydrogens (tertiary/aromatic N) is 2. The van der Waals surface area contributed by atoms with Crippen molar-refractivity contribution in [3.63, 3.8) is 0 Å².